The smallest absolute Gasteiger partial charge is 0.356 e. The zero-order chi connectivity index (χ0) is 12.6. The molecule has 0 aliphatic carbocycles. The number of carboxylic acid groups (broad SMARTS) is 1. The lowest BCUT2D eigenvalue weighted by Crippen LogP contribution is -2.02. The molecular weight excluding hydrogens is 354 g/mol. The van der Waals surface area contributed by atoms with Gasteiger partial charge in [-0.2, -0.15) is 5.10 Å². The molecule has 0 amide bonds. The summed E-state index contributed by atoms with van der Waals surface area (Å²) >= 11 is 8.00. The van der Waals surface area contributed by atoms with E-state index in [4.69, 9.17) is 16.7 Å². The molecule has 88 valence electrons. The van der Waals surface area contributed by atoms with Crippen molar-refractivity contribution in [2.24, 2.45) is 0 Å². The molecule has 4 nitrogen and oxygen atoms in total. The fourth-order valence-electron chi connectivity index (χ4n) is 1.46. The second-order valence-electron chi connectivity index (χ2n) is 3.51. The lowest BCUT2D eigenvalue weighted by Gasteiger charge is -2.04. The van der Waals surface area contributed by atoms with E-state index in [1.54, 1.807) is 29.9 Å². The molecule has 0 aliphatic rings. The number of carboxylic acids is 1. The number of halogens is 2. The Balaban J connectivity index is 2.53. The third-order valence-electron chi connectivity index (χ3n) is 2.26. The number of carbonyl (C=O) groups is 1. The minimum absolute atomic E-state index is 0.0655. The fraction of sp³-hybridized carbons (Fsp3) is 0.0909. The average molecular weight is 363 g/mol. The Labute approximate surface area is 116 Å². The predicted octanol–water partition coefficient (Wildman–Crippen LogP) is 3.14. The van der Waals surface area contributed by atoms with Gasteiger partial charge in [0, 0.05) is 20.4 Å². The summed E-state index contributed by atoms with van der Waals surface area (Å²) in [4.78, 5) is 10.9. The van der Waals surface area contributed by atoms with Gasteiger partial charge in [0.25, 0.3) is 0 Å². The highest BCUT2D eigenvalue weighted by Gasteiger charge is 2.14. The maximum absolute atomic E-state index is 10.9. The highest BCUT2D eigenvalue weighted by Crippen LogP contribution is 2.22. The summed E-state index contributed by atoms with van der Waals surface area (Å²) in [5.41, 5.74) is 1.50. The molecule has 2 rings (SSSR count). The van der Waals surface area contributed by atoms with Crippen LogP contribution in [0.15, 0.2) is 24.4 Å². The topological polar surface area (TPSA) is 55.1 Å². The maximum atomic E-state index is 10.9. The average Bonchev–Trinajstić information content (AvgIpc) is 2.60. The van der Waals surface area contributed by atoms with E-state index in [9.17, 15) is 4.79 Å². The Bertz CT molecular complexity index is 595. The van der Waals surface area contributed by atoms with Crippen molar-refractivity contribution in [3.63, 3.8) is 0 Å². The lowest BCUT2D eigenvalue weighted by molar-refractivity contribution is 0.0689. The molecule has 1 heterocycles. The summed E-state index contributed by atoms with van der Waals surface area (Å²) in [7, 11) is 0. The van der Waals surface area contributed by atoms with Gasteiger partial charge in [-0.15, -0.1) is 0 Å². The van der Waals surface area contributed by atoms with Crippen LogP contribution in [0.3, 0.4) is 0 Å². The number of hydrogen-bond acceptors (Lipinski definition) is 2. The van der Waals surface area contributed by atoms with Gasteiger partial charge in [0.2, 0.25) is 0 Å². The third kappa shape index (κ3) is 2.44. The molecule has 0 saturated carbocycles. The Morgan fingerprint density at radius 2 is 2.24 bits per heavy atom. The molecule has 1 aromatic carbocycles. The molecule has 0 bridgehead atoms. The van der Waals surface area contributed by atoms with E-state index in [1.165, 1.54) is 0 Å². The van der Waals surface area contributed by atoms with Gasteiger partial charge in [0.05, 0.1) is 5.69 Å². The van der Waals surface area contributed by atoms with Gasteiger partial charge in [-0.3, -0.25) is 0 Å². The molecule has 0 unspecified atom stereocenters. The monoisotopic (exact) mass is 362 g/mol. The summed E-state index contributed by atoms with van der Waals surface area (Å²) in [6, 6.07) is 5.35. The second kappa shape index (κ2) is 4.66. The van der Waals surface area contributed by atoms with E-state index in [1.807, 2.05) is 6.07 Å². The van der Waals surface area contributed by atoms with Gasteiger partial charge in [-0.1, -0.05) is 11.6 Å². The van der Waals surface area contributed by atoms with E-state index in [0.717, 1.165) is 9.26 Å². The van der Waals surface area contributed by atoms with Gasteiger partial charge >= 0.3 is 5.97 Å². The van der Waals surface area contributed by atoms with Crippen LogP contribution in [0.1, 0.15) is 16.1 Å². The van der Waals surface area contributed by atoms with E-state index < -0.39 is 5.97 Å². The number of rotatable bonds is 2. The van der Waals surface area contributed by atoms with Gasteiger partial charge in [0.1, 0.15) is 0 Å². The molecule has 0 saturated heterocycles. The van der Waals surface area contributed by atoms with Crippen LogP contribution in [0.5, 0.6) is 0 Å². The van der Waals surface area contributed by atoms with Crippen LogP contribution in [0.4, 0.5) is 0 Å². The molecule has 0 radical (unpaired) electrons. The SMILES string of the molecule is Cc1cn(-c2ccc(Cl)cc2I)nc1C(=O)O. The van der Waals surface area contributed by atoms with Crippen molar-refractivity contribution in [3.05, 3.63) is 44.2 Å². The van der Waals surface area contributed by atoms with Crippen LogP contribution >= 0.6 is 34.2 Å². The first-order chi connectivity index (χ1) is 7.99. The normalized spacial score (nSPS) is 10.5. The number of aromatic nitrogens is 2. The minimum Gasteiger partial charge on any atom is -0.476 e. The van der Waals surface area contributed by atoms with Gasteiger partial charge < -0.3 is 5.11 Å². The van der Waals surface area contributed by atoms with Crippen LogP contribution in [-0.4, -0.2) is 20.9 Å². The van der Waals surface area contributed by atoms with E-state index in [0.29, 0.717) is 10.6 Å². The quantitative estimate of drug-likeness (QED) is 0.835. The van der Waals surface area contributed by atoms with Crippen molar-refractivity contribution in [3.8, 4) is 5.69 Å². The molecule has 17 heavy (non-hydrogen) atoms. The van der Waals surface area contributed by atoms with Crippen LogP contribution < -0.4 is 0 Å². The highest BCUT2D eigenvalue weighted by molar-refractivity contribution is 14.1. The van der Waals surface area contributed by atoms with Crippen LogP contribution in [0.25, 0.3) is 5.69 Å². The van der Waals surface area contributed by atoms with Crippen molar-refractivity contribution in [2.75, 3.05) is 0 Å². The van der Waals surface area contributed by atoms with Crippen molar-refractivity contribution >= 4 is 40.2 Å². The molecule has 2 aromatic rings. The summed E-state index contributed by atoms with van der Waals surface area (Å²) in [6.45, 7) is 1.72. The Hall–Kier alpha value is -1.08. The standard InChI is InChI=1S/C11H8ClIN2O2/c1-6-5-15(14-10(6)11(16)17)9-3-2-7(12)4-8(9)13/h2-5H,1H3,(H,16,17). The summed E-state index contributed by atoms with van der Waals surface area (Å²) in [5, 5.41) is 13.6. The molecule has 1 aromatic heterocycles. The van der Waals surface area contributed by atoms with E-state index in [-0.39, 0.29) is 5.69 Å². The number of aromatic carboxylic acids is 1. The van der Waals surface area contributed by atoms with Gasteiger partial charge in [0.15, 0.2) is 5.69 Å². The molecule has 1 N–H and O–H groups in total. The Morgan fingerprint density at radius 3 is 2.76 bits per heavy atom. The first-order valence-corrected chi connectivity index (χ1v) is 6.19. The van der Waals surface area contributed by atoms with Gasteiger partial charge in [-0.25, -0.2) is 9.48 Å². The molecular formula is C11H8ClIN2O2. The lowest BCUT2D eigenvalue weighted by atomic mass is 10.3. The Kier molecular flexibility index (Phi) is 3.39. The van der Waals surface area contributed by atoms with Gasteiger partial charge in [-0.05, 0) is 47.7 Å². The van der Waals surface area contributed by atoms with Crippen LogP contribution in [0.2, 0.25) is 5.02 Å². The maximum Gasteiger partial charge on any atom is 0.356 e. The number of benzene rings is 1. The summed E-state index contributed by atoms with van der Waals surface area (Å²) in [5.74, 6) is -1.02. The van der Waals surface area contributed by atoms with E-state index in [2.05, 4.69) is 27.7 Å². The van der Waals surface area contributed by atoms with Crippen molar-refractivity contribution in [1.29, 1.82) is 0 Å². The number of nitrogens with zero attached hydrogens (tertiary/aromatic N) is 2. The van der Waals surface area contributed by atoms with Crippen molar-refractivity contribution in [1.82, 2.24) is 9.78 Å². The summed E-state index contributed by atoms with van der Waals surface area (Å²) in [6.07, 6.45) is 1.69. The number of aryl methyl sites for hydroxylation is 1. The molecule has 0 atom stereocenters. The molecule has 0 aliphatic heterocycles. The Morgan fingerprint density at radius 1 is 1.53 bits per heavy atom. The summed E-state index contributed by atoms with van der Waals surface area (Å²) < 4.78 is 2.46. The molecule has 6 heteroatoms. The molecule has 0 fully saturated rings. The zero-order valence-corrected chi connectivity index (χ0v) is 11.7. The van der Waals surface area contributed by atoms with E-state index >= 15 is 0 Å². The minimum atomic E-state index is -1.02. The van der Waals surface area contributed by atoms with Crippen molar-refractivity contribution in [2.45, 2.75) is 6.92 Å². The fourth-order valence-corrected chi connectivity index (χ4v) is 2.58. The first kappa shape index (κ1) is 12.4. The zero-order valence-electron chi connectivity index (χ0n) is 8.82. The largest absolute Gasteiger partial charge is 0.476 e. The highest BCUT2D eigenvalue weighted by atomic mass is 127. The first-order valence-electron chi connectivity index (χ1n) is 4.74. The van der Waals surface area contributed by atoms with Crippen molar-refractivity contribution < 1.29 is 9.90 Å². The van der Waals surface area contributed by atoms with Crippen LogP contribution in [0, 0.1) is 10.5 Å². The second-order valence-corrected chi connectivity index (χ2v) is 5.10. The number of hydrogen-bond donors (Lipinski definition) is 1. The third-order valence-corrected chi connectivity index (χ3v) is 3.36. The predicted molar refractivity (Wildman–Crippen MR) is 73.0 cm³/mol. The molecule has 0 spiro atoms. The van der Waals surface area contributed by atoms with Crippen LogP contribution in [-0.2, 0) is 0 Å².